The number of carbonyl (C=O) groups is 1. The molecular formula is C17H20Cl2FNO3. The first kappa shape index (κ1) is 17.9. The fourth-order valence-corrected chi connectivity index (χ4v) is 3.63. The quantitative estimate of drug-likeness (QED) is 0.731. The van der Waals surface area contributed by atoms with Crippen molar-refractivity contribution in [3.63, 3.8) is 0 Å². The number of carbonyl (C=O) groups excluding carboxylic acids is 1. The van der Waals surface area contributed by atoms with Gasteiger partial charge in [-0.25, -0.2) is 4.39 Å². The van der Waals surface area contributed by atoms with Crippen LogP contribution in [0.5, 0.6) is 0 Å². The third-order valence-electron chi connectivity index (χ3n) is 4.42. The lowest BCUT2D eigenvalue weighted by Gasteiger charge is -2.28. The molecule has 2 aliphatic heterocycles. The van der Waals surface area contributed by atoms with Crippen molar-refractivity contribution in [3.05, 3.63) is 33.6 Å². The second-order valence-electron chi connectivity index (χ2n) is 6.23. The first-order chi connectivity index (χ1) is 11.5. The molecule has 0 saturated carbocycles. The SMILES string of the molecule is O=C(c1cc(F)c(Cl)cc1Cl)N(CC1CCCO1)CC1CCCO1. The van der Waals surface area contributed by atoms with E-state index in [0.29, 0.717) is 26.3 Å². The summed E-state index contributed by atoms with van der Waals surface area (Å²) in [4.78, 5) is 14.6. The Hall–Kier alpha value is -0.880. The second kappa shape index (κ2) is 8.00. The lowest BCUT2D eigenvalue weighted by Crippen LogP contribution is -2.42. The van der Waals surface area contributed by atoms with Gasteiger partial charge in [0.1, 0.15) is 5.82 Å². The van der Waals surface area contributed by atoms with Gasteiger partial charge in [0.25, 0.3) is 5.91 Å². The minimum atomic E-state index is -0.654. The number of benzene rings is 1. The third kappa shape index (κ3) is 4.20. The van der Waals surface area contributed by atoms with E-state index in [9.17, 15) is 9.18 Å². The first-order valence-electron chi connectivity index (χ1n) is 8.21. The number of hydrogen-bond donors (Lipinski definition) is 0. The second-order valence-corrected chi connectivity index (χ2v) is 7.04. The van der Waals surface area contributed by atoms with E-state index in [1.54, 1.807) is 4.90 Å². The molecule has 2 heterocycles. The Balaban J connectivity index is 1.79. The van der Waals surface area contributed by atoms with Gasteiger partial charge in [-0.1, -0.05) is 23.2 Å². The minimum absolute atomic E-state index is 0.00581. The largest absolute Gasteiger partial charge is 0.376 e. The average Bonchev–Trinajstić information content (AvgIpc) is 3.23. The zero-order chi connectivity index (χ0) is 17.1. The molecule has 0 spiro atoms. The summed E-state index contributed by atoms with van der Waals surface area (Å²) >= 11 is 11.8. The van der Waals surface area contributed by atoms with E-state index in [-0.39, 0.29) is 33.7 Å². The molecule has 0 N–H and O–H groups in total. The highest BCUT2D eigenvalue weighted by Crippen LogP contribution is 2.27. The summed E-state index contributed by atoms with van der Waals surface area (Å²) in [6.45, 7) is 2.34. The highest BCUT2D eigenvalue weighted by molar-refractivity contribution is 6.36. The van der Waals surface area contributed by atoms with Gasteiger partial charge in [-0.05, 0) is 37.8 Å². The van der Waals surface area contributed by atoms with Crippen LogP contribution in [0.3, 0.4) is 0 Å². The number of amides is 1. The van der Waals surface area contributed by atoms with Crippen LogP contribution in [0.1, 0.15) is 36.0 Å². The summed E-state index contributed by atoms with van der Waals surface area (Å²) in [5.41, 5.74) is 0.120. The molecule has 2 unspecified atom stereocenters. The number of rotatable bonds is 5. The fraction of sp³-hybridized carbons (Fsp3) is 0.588. The van der Waals surface area contributed by atoms with Crippen molar-refractivity contribution < 1.29 is 18.7 Å². The summed E-state index contributed by atoms with van der Waals surface area (Å²) < 4.78 is 25.1. The lowest BCUT2D eigenvalue weighted by atomic mass is 10.1. The van der Waals surface area contributed by atoms with Gasteiger partial charge in [0.2, 0.25) is 0 Å². The van der Waals surface area contributed by atoms with Crippen molar-refractivity contribution in [3.8, 4) is 0 Å². The maximum Gasteiger partial charge on any atom is 0.255 e. The zero-order valence-electron chi connectivity index (χ0n) is 13.3. The smallest absolute Gasteiger partial charge is 0.255 e. The van der Waals surface area contributed by atoms with Gasteiger partial charge >= 0.3 is 0 Å². The Kier molecular flexibility index (Phi) is 5.98. The molecule has 1 aromatic carbocycles. The molecule has 0 aliphatic carbocycles. The van der Waals surface area contributed by atoms with Crippen molar-refractivity contribution in [2.75, 3.05) is 26.3 Å². The van der Waals surface area contributed by atoms with Gasteiger partial charge in [-0.3, -0.25) is 4.79 Å². The Morgan fingerprint density at radius 2 is 1.67 bits per heavy atom. The predicted molar refractivity (Wildman–Crippen MR) is 90.3 cm³/mol. The maximum absolute atomic E-state index is 13.8. The van der Waals surface area contributed by atoms with Crippen LogP contribution in [-0.2, 0) is 9.47 Å². The van der Waals surface area contributed by atoms with Crippen LogP contribution < -0.4 is 0 Å². The Morgan fingerprint density at radius 3 is 2.17 bits per heavy atom. The number of nitrogens with zero attached hydrogens (tertiary/aromatic N) is 1. The zero-order valence-corrected chi connectivity index (χ0v) is 14.8. The van der Waals surface area contributed by atoms with E-state index in [1.165, 1.54) is 6.07 Å². The van der Waals surface area contributed by atoms with Gasteiger partial charge in [0.05, 0.1) is 27.8 Å². The molecule has 0 aromatic heterocycles. The summed E-state index contributed by atoms with van der Waals surface area (Å²) in [7, 11) is 0. The van der Waals surface area contributed by atoms with Gasteiger partial charge in [-0.15, -0.1) is 0 Å². The van der Waals surface area contributed by atoms with E-state index >= 15 is 0 Å². The molecule has 0 radical (unpaired) electrons. The molecule has 2 saturated heterocycles. The first-order valence-corrected chi connectivity index (χ1v) is 8.97. The van der Waals surface area contributed by atoms with Crippen LogP contribution in [0, 0.1) is 5.82 Å². The molecule has 7 heteroatoms. The Labute approximate surface area is 150 Å². The summed E-state index contributed by atoms with van der Waals surface area (Å²) in [5, 5.41) is 0.0532. The van der Waals surface area contributed by atoms with Crippen LogP contribution in [0.25, 0.3) is 0 Å². The Bertz CT molecular complexity index is 584. The lowest BCUT2D eigenvalue weighted by molar-refractivity contribution is 0.0307. The van der Waals surface area contributed by atoms with E-state index in [2.05, 4.69) is 0 Å². The standard InChI is InChI=1S/C17H20Cl2FNO3/c18-14-8-15(19)16(20)7-13(14)17(22)21(9-11-3-1-5-23-11)10-12-4-2-6-24-12/h7-8,11-12H,1-6,9-10H2. The molecule has 1 aromatic rings. The van der Waals surface area contributed by atoms with Crippen molar-refractivity contribution in [1.29, 1.82) is 0 Å². The number of halogens is 3. The third-order valence-corrected chi connectivity index (χ3v) is 5.03. The van der Waals surface area contributed by atoms with Crippen LogP contribution in [0.4, 0.5) is 4.39 Å². The van der Waals surface area contributed by atoms with Gasteiger partial charge < -0.3 is 14.4 Å². The maximum atomic E-state index is 13.8. The van der Waals surface area contributed by atoms with Crippen LogP contribution >= 0.6 is 23.2 Å². The molecule has 132 valence electrons. The van der Waals surface area contributed by atoms with E-state index in [0.717, 1.165) is 31.7 Å². The van der Waals surface area contributed by atoms with Gasteiger partial charge in [0, 0.05) is 26.3 Å². The fourth-order valence-electron chi connectivity index (χ4n) is 3.17. The highest BCUT2D eigenvalue weighted by atomic mass is 35.5. The monoisotopic (exact) mass is 375 g/mol. The Morgan fingerprint density at radius 1 is 1.08 bits per heavy atom. The van der Waals surface area contributed by atoms with E-state index in [1.807, 2.05) is 0 Å². The summed E-state index contributed by atoms with van der Waals surface area (Å²) in [5.74, 6) is -0.972. The molecule has 3 rings (SSSR count). The van der Waals surface area contributed by atoms with Crippen molar-refractivity contribution in [2.45, 2.75) is 37.9 Å². The van der Waals surface area contributed by atoms with E-state index in [4.69, 9.17) is 32.7 Å². The van der Waals surface area contributed by atoms with Crippen LogP contribution in [-0.4, -0.2) is 49.3 Å². The normalized spacial score (nSPS) is 23.6. The van der Waals surface area contributed by atoms with Gasteiger partial charge in [0.15, 0.2) is 0 Å². The van der Waals surface area contributed by atoms with Gasteiger partial charge in [-0.2, -0.15) is 0 Å². The minimum Gasteiger partial charge on any atom is -0.376 e. The molecule has 2 atom stereocenters. The summed E-state index contributed by atoms with van der Waals surface area (Å²) in [6.07, 6.45) is 3.82. The van der Waals surface area contributed by atoms with Crippen LogP contribution in [0.15, 0.2) is 12.1 Å². The molecular weight excluding hydrogens is 356 g/mol. The molecule has 24 heavy (non-hydrogen) atoms. The van der Waals surface area contributed by atoms with Crippen molar-refractivity contribution in [1.82, 2.24) is 4.90 Å². The summed E-state index contributed by atoms with van der Waals surface area (Å²) in [6, 6.07) is 2.37. The van der Waals surface area contributed by atoms with Crippen LogP contribution in [0.2, 0.25) is 10.0 Å². The highest BCUT2D eigenvalue weighted by Gasteiger charge is 2.29. The van der Waals surface area contributed by atoms with E-state index < -0.39 is 5.82 Å². The molecule has 2 fully saturated rings. The number of ether oxygens (including phenoxy) is 2. The van der Waals surface area contributed by atoms with Crippen molar-refractivity contribution >= 4 is 29.1 Å². The van der Waals surface area contributed by atoms with Crippen molar-refractivity contribution in [2.24, 2.45) is 0 Å². The topological polar surface area (TPSA) is 38.8 Å². The predicted octanol–water partition coefficient (Wildman–Crippen LogP) is 3.93. The molecule has 1 amide bonds. The molecule has 4 nitrogen and oxygen atoms in total. The molecule has 0 bridgehead atoms. The number of hydrogen-bond acceptors (Lipinski definition) is 3. The molecule has 2 aliphatic rings. The average molecular weight is 376 g/mol.